The van der Waals surface area contributed by atoms with Crippen molar-refractivity contribution in [3.05, 3.63) is 30.1 Å². The molecule has 4 heteroatoms. The molecule has 2 N–H and O–H groups in total. The molecule has 0 aromatic heterocycles. The van der Waals surface area contributed by atoms with Gasteiger partial charge in [0.05, 0.1) is 0 Å². The zero-order valence-corrected chi connectivity index (χ0v) is 13.4. The molecule has 1 atom stereocenters. The summed E-state index contributed by atoms with van der Waals surface area (Å²) in [5.41, 5.74) is 0.808. The molecule has 0 heterocycles. The summed E-state index contributed by atoms with van der Waals surface area (Å²) in [7, 11) is 0. The van der Waals surface area contributed by atoms with Crippen LogP contribution in [0.5, 0.6) is 0 Å². The van der Waals surface area contributed by atoms with Crippen LogP contribution in [0, 0.1) is 11.7 Å². The van der Waals surface area contributed by atoms with E-state index in [1.54, 1.807) is 12.1 Å². The number of anilines is 1. The maximum atomic E-state index is 13.0. The molecule has 2 rings (SSSR count). The van der Waals surface area contributed by atoms with Crippen molar-refractivity contribution in [3.63, 3.8) is 0 Å². The Balaban J connectivity index is 2.02. The van der Waals surface area contributed by atoms with E-state index in [0.717, 1.165) is 37.9 Å². The second-order valence-electron chi connectivity index (χ2n) is 6.17. The van der Waals surface area contributed by atoms with Gasteiger partial charge >= 0.3 is 0 Å². The average molecular weight is 306 g/mol. The molecule has 122 valence electrons. The first-order valence-corrected chi connectivity index (χ1v) is 8.50. The Labute approximate surface area is 132 Å². The molecule has 1 saturated carbocycles. The minimum absolute atomic E-state index is 0.0738. The van der Waals surface area contributed by atoms with Gasteiger partial charge in [0.2, 0.25) is 5.91 Å². The van der Waals surface area contributed by atoms with Crippen molar-refractivity contribution < 1.29 is 9.18 Å². The summed E-state index contributed by atoms with van der Waals surface area (Å²) in [5.74, 6) is 0.178. The summed E-state index contributed by atoms with van der Waals surface area (Å²) in [6, 6.07) is 6.03. The maximum absolute atomic E-state index is 13.0. The molecule has 0 spiro atoms. The predicted molar refractivity (Wildman–Crippen MR) is 88.3 cm³/mol. The summed E-state index contributed by atoms with van der Waals surface area (Å²) < 4.78 is 13.0. The number of halogens is 1. The van der Waals surface area contributed by atoms with Crippen molar-refractivity contribution in [3.8, 4) is 0 Å². The van der Waals surface area contributed by atoms with Crippen LogP contribution in [0.15, 0.2) is 24.3 Å². The molecule has 1 aliphatic carbocycles. The van der Waals surface area contributed by atoms with E-state index in [4.69, 9.17) is 0 Å². The number of carbonyl (C=O) groups is 1. The highest BCUT2D eigenvalue weighted by Crippen LogP contribution is 2.28. The lowest BCUT2D eigenvalue weighted by Gasteiger charge is -2.30. The molecular formula is C18H27FN2O. The van der Waals surface area contributed by atoms with E-state index in [0.29, 0.717) is 5.92 Å². The third kappa shape index (κ3) is 5.00. The van der Waals surface area contributed by atoms with E-state index in [1.165, 1.54) is 31.4 Å². The first kappa shape index (κ1) is 16.8. The first-order chi connectivity index (χ1) is 10.7. The number of benzene rings is 1. The van der Waals surface area contributed by atoms with Gasteiger partial charge in [0.15, 0.2) is 0 Å². The molecule has 1 amide bonds. The van der Waals surface area contributed by atoms with Crippen molar-refractivity contribution in [2.75, 3.05) is 11.9 Å². The molecule has 0 saturated heterocycles. The van der Waals surface area contributed by atoms with E-state index >= 15 is 0 Å². The SMILES string of the molecule is CCCCNC(=O)C(Nc1ccc(F)cc1)C1CCCCC1. The fraction of sp³-hybridized carbons (Fsp3) is 0.611. The molecule has 1 aliphatic rings. The highest BCUT2D eigenvalue weighted by atomic mass is 19.1. The fourth-order valence-corrected chi connectivity index (χ4v) is 3.09. The Morgan fingerprint density at radius 3 is 2.55 bits per heavy atom. The van der Waals surface area contributed by atoms with Crippen molar-refractivity contribution in [1.29, 1.82) is 0 Å². The molecular weight excluding hydrogens is 279 g/mol. The van der Waals surface area contributed by atoms with Crippen molar-refractivity contribution in [1.82, 2.24) is 5.32 Å². The minimum Gasteiger partial charge on any atom is -0.373 e. The van der Waals surface area contributed by atoms with E-state index in [9.17, 15) is 9.18 Å². The van der Waals surface area contributed by atoms with E-state index in [-0.39, 0.29) is 17.8 Å². The number of amides is 1. The summed E-state index contributed by atoms with van der Waals surface area (Å²) in [4.78, 5) is 12.5. The average Bonchev–Trinajstić information content (AvgIpc) is 2.55. The Bertz CT molecular complexity index is 455. The lowest BCUT2D eigenvalue weighted by Crippen LogP contribution is -2.45. The third-order valence-electron chi connectivity index (χ3n) is 4.40. The van der Waals surface area contributed by atoms with Crippen LogP contribution in [0.1, 0.15) is 51.9 Å². The standard InChI is InChI=1S/C18H27FN2O/c1-2-3-13-20-18(22)17(14-7-5-4-6-8-14)21-16-11-9-15(19)10-12-16/h9-12,14,17,21H,2-8,13H2,1H3,(H,20,22). The van der Waals surface area contributed by atoms with Gasteiger partial charge in [-0.1, -0.05) is 32.6 Å². The van der Waals surface area contributed by atoms with Crippen LogP contribution < -0.4 is 10.6 Å². The highest BCUT2D eigenvalue weighted by molar-refractivity contribution is 5.85. The molecule has 1 aromatic rings. The predicted octanol–water partition coefficient (Wildman–Crippen LogP) is 4.10. The van der Waals surface area contributed by atoms with Crippen LogP contribution in [-0.4, -0.2) is 18.5 Å². The second-order valence-corrected chi connectivity index (χ2v) is 6.17. The number of rotatable bonds is 7. The summed E-state index contributed by atoms with van der Waals surface area (Å²) in [6.07, 6.45) is 7.87. The second kappa shape index (κ2) is 8.76. The number of carbonyl (C=O) groups excluding carboxylic acids is 1. The third-order valence-corrected chi connectivity index (χ3v) is 4.40. The van der Waals surface area contributed by atoms with Gasteiger partial charge in [-0.25, -0.2) is 4.39 Å². The largest absolute Gasteiger partial charge is 0.373 e. The smallest absolute Gasteiger partial charge is 0.242 e. The molecule has 0 radical (unpaired) electrons. The minimum atomic E-state index is -0.257. The number of hydrogen-bond donors (Lipinski definition) is 2. The van der Waals surface area contributed by atoms with E-state index in [1.807, 2.05) is 0 Å². The van der Waals surface area contributed by atoms with Gasteiger partial charge in [-0.05, 0) is 49.4 Å². The van der Waals surface area contributed by atoms with Gasteiger partial charge in [-0.2, -0.15) is 0 Å². The molecule has 1 unspecified atom stereocenters. The lowest BCUT2D eigenvalue weighted by molar-refractivity contribution is -0.123. The molecule has 22 heavy (non-hydrogen) atoms. The van der Waals surface area contributed by atoms with Gasteiger partial charge < -0.3 is 10.6 Å². The molecule has 0 aliphatic heterocycles. The van der Waals surface area contributed by atoms with Gasteiger partial charge in [0.25, 0.3) is 0 Å². The normalized spacial score (nSPS) is 17.0. The Kier molecular flexibility index (Phi) is 6.69. The number of nitrogens with one attached hydrogen (secondary N) is 2. The summed E-state index contributed by atoms with van der Waals surface area (Å²) in [6.45, 7) is 2.84. The highest BCUT2D eigenvalue weighted by Gasteiger charge is 2.29. The van der Waals surface area contributed by atoms with E-state index in [2.05, 4.69) is 17.6 Å². The van der Waals surface area contributed by atoms with Crippen LogP contribution in [-0.2, 0) is 4.79 Å². The number of hydrogen-bond acceptors (Lipinski definition) is 2. The lowest BCUT2D eigenvalue weighted by atomic mass is 9.83. The van der Waals surface area contributed by atoms with Gasteiger partial charge in [0, 0.05) is 12.2 Å². The van der Waals surface area contributed by atoms with Crippen molar-refractivity contribution >= 4 is 11.6 Å². The van der Waals surface area contributed by atoms with Crippen LogP contribution in [0.4, 0.5) is 10.1 Å². The molecule has 3 nitrogen and oxygen atoms in total. The summed E-state index contributed by atoms with van der Waals surface area (Å²) >= 11 is 0. The maximum Gasteiger partial charge on any atom is 0.242 e. The van der Waals surface area contributed by atoms with Crippen molar-refractivity contribution in [2.45, 2.75) is 57.9 Å². The number of unbranched alkanes of at least 4 members (excludes halogenated alkanes) is 1. The van der Waals surface area contributed by atoms with Crippen LogP contribution in [0.3, 0.4) is 0 Å². The van der Waals surface area contributed by atoms with Gasteiger partial charge in [-0.3, -0.25) is 4.79 Å². The van der Waals surface area contributed by atoms with Crippen LogP contribution >= 0.6 is 0 Å². The first-order valence-electron chi connectivity index (χ1n) is 8.50. The summed E-state index contributed by atoms with van der Waals surface area (Å²) in [5, 5.41) is 6.36. The van der Waals surface area contributed by atoms with Crippen LogP contribution in [0.25, 0.3) is 0 Å². The molecule has 1 aromatic carbocycles. The quantitative estimate of drug-likeness (QED) is 0.745. The Morgan fingerprint density at radius 1 is 1.23 bits per heavy atom. The molecule has 0 bridgehead atoms. The van der Waals surface area contributed by atoms with E-state index < -0.39 is 0 Å². The van der Waals surface area contributed by atoms with Crippen LogP contribution in [0.2, 0.25) is 0 Å². The topological polar surface area (TPSA) is 41.1 Å². The Morgan fingerprint density at radius 2 is 1.91 bits per heavy atom. The fourth-order valence-electron chi connectivity index (χ4n) is 3.09. The zero-order chi connectivity index (χ0) is 15.8. The van der Waals surface area contributed by atoms with Gasteiger partial charge in [-0.15, -0.1) is 0 Å². The van der Waals surface area contributed by atoms with Gasteiger partial charge in [0.1, 0.15) is 11.9 Å². The Hall–Kier alpha value is -1.58. The van der Waals surface area contributed by atoms with Crippen molar-refractivity contribution in [2.24, 2.45) is 5.92 Å². The monoisotopic (exact) mass is 306 g/mol. The molecule has 1 fully saturated rings. The zero-order valence-electron chi connectivity index (χ0n) is 13.4.